The number of carbonyl (C=O) groups is 1. The van der Waals surface area contributed by atoms with Gasteiger partial charge in [0.1, 0.15) is 5.76 Å². The highest BCUT2D eigenvalue weighted by Crippen LogP contribution is 2.30. The molecule has 0 aliphatic heterocycles. The third-order valence-electron chi connectivity index (χ3n) is 4.06. The second-order valence-electron chi connectivity index (χ2n) is 6.00. The predicted molar refractivity (Wildman–Crippen MR) is 103 cm³/mol. The molecule has 0 saturated carbocycles. The van der Waals surface area contributed by atoms with Crippen LogP contribution in [0.1, 0.15) is 21.9 Å². The molecule has 0 amide bonds. The van der Waals surface area contributed by atoms with Crippen LogP contribution in [-0.4, -0.2) is 27.8 Å². The summed E-state index contributed by atoms with van der Waals surface area (Å²) in [7, 11) is 1.32. The molecule has 0 radical (unpaired) electrons. The molecule has 4 rings (SSSR count). The molecule has 142 valence electrons. The molecule has 3 heterocycles. The smallest absolute Gasteiger partial charge is 0.373 e. The van der Waals surface area contributed by atoms with Crippen LogP contribution in [0.15, 0.2) is 68.8 Å². The molecule has 28 heavy (non-hydrogen) atoms. The fourth-order valence-corrected chi connectivity index (χ4v) is 3.50. The van der Waals surface area contributed by atoms with Crippen molar-refractivity contribution in [2.75, 3.05) is 7.11 Å². The van der Waals surface area contributed by atoms with E-state index in [0.29, 0.717) is 28.3 Å². The molecule has 0 saturated heterocycles. The maximum Gasteiger partial charge on any atom is 0.373 e. The lowest BCUT2D eigenvalue weighted by Gasteiger charge is -2.09. The first-order valence-electron chi connectivity index (χ1n) is 8.52. The molecule has 0 unspecified atom stereocenters. The number of benzene rings is 1. The van der Waals surface area contributed by atoms with E-state index in [-0.39, 0.29) is 5.76 Å². The molecular weight excluding hydrogens is 378 g/mol. The van der Waals surface area contributed by atoms with Crippen LogP contribution in [0.2, 0.25) is 0 Å². The average molecular weight is 395 g/mol. The number of carbonyl (C=O) groups excluding carboxylic acids is 1. The highest BCUT2D eigenvalue weighted by atomic mass is 32.2. The molecule has 0 atom stereocenters. The molecule has 0 N–H and O–H groups in total. The van der Waals surface area contributed by atoms with Gasteiger partial charge in [0.15, 0.2) is 10.9 Å². The summed E-state index contributed by atoms with van der Waals surface area (Å²) >= 11 is 1.45. The van der Waals surface area contributed by atoms with Crippen LogP contribution in [-0.2, 0) is 10.5 Å². The standard InChI is InChI=1S/C20H17N3O4S/c1-13-5-7-14(8-6-13)23-18(16-4-3-11-26-16)21-22-20(23)28-12-15-9-10-17(27-15)19(24)25-2/h3-11H,12H2,1-2H3. The second-order valence-corrected chi connectivity index (χ2v) is 6.94. The number of aromatic nitrogens is 3. The fraction of sp³-hybridized carbons (Fsp3) is 0.150. The van der Waals surface area contributed by atoms with Gasteiger partial charge in [0, 0.05) is 5.69 Å². The van der Waals surface area contributed by atoms with Crippen molar-refractivity contribution >= 4 is 17.7 Å². The minimum absolute atomic E-state index is 0.175. The van der Waals surface area contributed by atoms with Gasteiger partial charge in [-0.2, -0.15) is 0 Å². The summed E-state index contributed by atoms with van der Waals surface area (Å²) in [6, 6.07) is 15.1. The van der Waals surface area contributed by atoms with Crippen LogP contribution >= 0.6 is 11.8 Å². The highest BCUT2D eigenvalue weighted by Gasteiger charge is 2.19. The summed E-state index contributed by atoms with van der Waals surface area (Å²) in [6.45, 7) is 2.04. The zero-order valence-electron chi connectivity index (χ0n) is 15.3. The summed E-state index contributed by atoms with van der Waals surface area (Å²) in [5.74, 6) is 2.05. The maximum atomic E-state index is 11.5. The lowest BCUT2D eigenvalue weighted by atomic mass is 10.2. The number of thioether (sulfide) groups is 1. The SMILES string of the molecule is COC(=O)c1ccc(CSc2nnc(-c3ccco3)n2-c2ccc(C)cc2)o1. The van der Waals surface area contributed by atoms with Crippen LogP contribution in [0, 0.1) is 6.92 Å². The number of rotatable bonds is 6. The minimum Gasteiger partial charge on any atom is -0.463 e. The van der Waals surface area contributed by atoms with Crippen LogP contribution in [0.4, 0.5) is 0 Å². The van der Waals surface area contributed by atoms with Gasteiger partial charge in [-0.05, 0) is 43.3 Å². The maximum absolute atomic E-state index is 11.5. The molecule has 8 heteroatoms. The number of methoxy groups -OCH3 is 1. The quantitative estimate of drug-likeness (QED) is 0.351. The van der Waals surface area contributed by atoms with Gasteiger partial charge in [0.2, 0.25) is 11.6 Å². The zero-order valence-corrected chi connectivity index (χ0v) is 16.1. The summed E-state index contributed by atoms with van der Waals surface area (Å²) in [5.41, 5.74) is 2.09. The van der Waals surface area contributed by atoms with Crippen molar-refractivity contribution in [1.29, 1.82) is 0 Å². The van der Waals surface area contributed by atoms with E-state index in [2.05, 4.69) is 14.9 Å². The monoisotopic (exact) mass is 395 g/mol. The van der Waals surface area contributed by atoms with Gasteiger partial charge in [-0.3, -0.25) is 4.57 Å². The van der Waals surface area contributed by atoms with Gasteiger partial charge >= 0.3 is 5.97 Å². The Morgan fingerprint density at radius 1 is 1.14 bits per heavy atom. The summed E-state index contributed by atoms with van der Waals surface area (Å²) < 4.78 is 17.7. The van der Waals surface area contributed by atoms with Crippen molar-refractivity contribution in [3.63, 3.8) is 0 Å². The van der Waals surface area contributed by atoms with Gasteiger partial charge in [0.25, 0.3) is 0 Å². The molecule has 1 aromatic carbocycles. The van der Waals surface area contributed by atoms with E-state index in [1.54, 1.807) is 18.4 Å². The van der Waals surface area contributed by atoms with Gasteiger partial charge < -0.3 is 13.6 Å². The number of furan rings is 2. The van der Waals surface area contributed by atoms with E-state index in [9.17, 15) is 4.79 Å². The molecule has 0 fully saturated rings. The topological polar surface area (TPSA) is 83.3 Å². The lowest BCUT2D eigenvalue weighted by Crippen LogP contribution is -1.99. The third-order valence-corrected chi connectivity index (χ3v) is 5.01. The van der Waals surface area contributed by atoms with E-state index >= 15 is 0 Å². The molecule has 0 spiro atoms. The Bertz CT molecular complexity index is 1080. The molecule has 0 aliphatic rings. The van der Waals surface area contributed by atoms with Crippen LogP contribution in [0.25, 0.3) is 17.3 Å². The Morgan fingerprint density at radius 2 is 1.96 bits per heavy atom. The van der Waals surface area contributed by atoms with Crippen molar-refractivity contribution in [1.82, 2.24) is 14.8 Å². The number of hydrogen-bond acceptors (Lipinski definition) is 7. The van der Waals surface area contributed by atoms with Gasteiger partial charge in [-0.25, -0.2) is 4.79 Å². The number of hydrogen-bond donors (Lipinski definition) is 0. The summed E-state index contributed by atoms with van der Waals surface area (Å²) in [4.78, 5) is 11.5. The minimum atomic E-state index is -0.501. The van der Waals surface area contributed by atoms with Crippen molar-refractivity contribution < 1.29 is 18.4 Å². The first-order valence-corrected chi connectivity index (χ1v) is 9.50. The number of ether oxygens (including phenoxy) is 1. The van der Waals surface area contributed by atoms with Crippen molar-refractivity contribution in [2.45, 2.75) is 17.8 Å². The van der Waals surface area contributed by atoms with Gasteiger partial charge in [-0.15, -0.1) is 10.2 Å². The van der Waals surface area contributed by atoms with Crippen molar-refractivity contribution in [3.05, 3.63) is 71.9 Å². The number of esters is 1. The van der Waals surface area contributed by atoms with E-state index in [4.69, 9.17) is 8.83 Å². The van der Waals surface area contributed by atoms with E-state index in [1.807, 2.05) is 47.9 Å². The van der Waals surface area contributed by atoms with E-state index in [1.165, 1.54) is 18.9 Å². The Morgan fingerprint density at radius 3 is 2.68 bits per heavy atom. The molecule has 7 nitrogen and oxygen atoms in total. The normalized spacial score (nSPS) is 10.9. The molecule has 0 aliphatic carbocycles. The van der Waals surface area contributed by atoms with Crippen molar-refractivity contribution in [2.24, 2.45) is 0 Å². The average Bonchev–Trinajstić information content (AvgIpc) is 3.46. The first-order chi connectivity index (χ1) is 13.7. The summed E-state index contributed by atoms with van der Waals surface area (Å²) in [6.07, 6.45) is 1.60. The van der Waals surface area contributed by atoms with Gasteiger partial charge in [-0.1, -0.05) is 29.5 Å². The van der Waals surface area contributed by atoms with E-state index < -0.39 is 5.97 Å². The Hall–Kier alpha value is -3.26. The Balaban J connectivity index is 1.64. The number of aryl methyl sites for hydroxylation is 1. The largest absolute Gasteiger partial charge is 0.463 e. The van der Waals surface area contributed by atoms with Gasteiger partial charge in [0.05, 0.1) is 19.1 Å². The molecular formula is C20H17N3O4S. The third kappa shape index (κ3) is 3.59. The Kier molecular flexibility index (Phi) is 5.03. The zero-order chi connectivity index (χ0) is 19.5. The number of nitrogens with zero attached hydrogens (tertiary/aromatic N) is 3. The van der Waals surface area contributed by atoms with Crippen molar-refractivity contribution in [3.8, 4) is 17.3 Å². The summed E-state index contributed by atoms with van der Waals surface area (Å²) in [5, 5.41) is 9.32. The molecule has 0 bridgehead atoms. The first kappa shape index (κ1) is 18.1. The second kappa shape index (κ2) is 7.77. The fourth-order valence-electron chi connectivity index (χ4n) is 2.66. The Labute approximate surface area is 165 Å². The van der Waals surface area contributed by atoms with Crippen LogP contribution < -0.4 is 0 Å². The lowest BCUT2D eigenvalue weighted by molar-refractivity contribution is 0.0563. The van der Waals surface area contributed by atoms with Crippen LogP contribution in [0.5, 0.6) is 0 Å². The molecule has 4 aromatic rings. The van der Waals surface area contributed by atoms with Crippen LogP contribution in [0.3, 0.4) is 0 Å². The van der Waals surface area contributed by atoms with E-state index in [0.717, 1.165) is 11.3 Å². The molecule has 3 aromatic heterocycles. The highest BCUT2D eigenvalue weighted by molar-refractivity contribution is 7.98. The predicted octanol–water partition coefficient (Wildman–Crippen LogP) is 4.51.